The van der Waals surface area contributed by atoms with Gasteiger partial charge >= 0.3 is 0 Å². The predicted molar refractivity (Wildman–Crippen MR) is 123 cm³/mol. The van der Waals surface area contributed by atoms with E-state index in [4.69, 9.17) is 5.73 Å². The van der Waals surface area contributed by atoms with Crippen molar-refractivity contribution in [3.63, 3.8) is 0 Å². The third-order valence-corrected chi connectivity index (χ3v) is 6.27. The molecule has 0 aliphatic heterocycles. The monoisotopic (exact) mass is 423 g/mol. The summed E-state index contributed by atoms with van der Waals surface area (Å²) in [7, 11) is 0. The molecule has 0 radical (unpaired) electrons. The largest absolute Gasteiger partial charge is 0.356 e. The van der Waals surface area contributed by atoms with Crippen LogP contribution in [0.2, 0.25) is 0 Å². The van der Waals surface area contributed by atoms with Gasteiger partial charge in [0, 0.05) is 12.5 Å². The number of nitrogens with one attached hydrogen (secondary N) is 1. The summed E-state index contributed by atoms with van der Waals surface area (Å²) >= 11 is 1.42. The fourth-order valence-corrected chi connectivity index (χ4v) is 4.45. The highest BCUT2D eigenvalue weighted by molar-refractivity contribution is 7.19. The number of aryl methyl sites for hydroxylation is 1. The maximum absolute atomic E-state index is 12.1. The van der Waals surface area contributed by atoms with Crippen molar-refractivity contribution < 1.29 is 9.59 Å². The highest BCUT2D eigenvalue weighted by atomic mass is 32.1. The van der Waals surface area contributed by atoms with Crippen molar-refractivity contribution in [1.82, 2.24) is 10.3 Å². The molecule has 1 aromatic heterocycles. The fraction of sp³-hybridized carbons (Fsp3) is 0.375. The van der Waals surface area contributed by atoms with Gasteiger partial charge in [-0.15, -0.1) is 11.3 Å². The van der Waals surface area contributed by atoms with Gasteiger partial charge in [0.2, 0.25) is 5.91 Å². The van der Waals surface area contributed by atoms with E-state index >= 15 is 0 Å². The first-order valence-corrected chi connectivity index (χ1v) is 11.4. The van der Waals surface area contributed by atoms with E-state index in [0.717, 1.165) is 68.1 Å². The normalized spacial score (nSPS) is 15.0. The zero-order chi connectivity index (χ0) is 21.2. The van der Waals surface area contributed by atoms with Crippen molar-refractivity contribution in [3.05, 3.63) is 64.7 Å². The fourth-order valence-electron chi connectivity index (χ4n) is 3.66. The van der Waals surface area contributed by atoms with E-state index in [1.54, 1.807) is 0 Å². The van der Waals surface area contributed by atoms with Crippen LogP contribution < -0.4 is 11.1 Å². The van der Waals surface area contributed by atoms with Crippen molar-refractivity contribution in [1.29, 1.82) is 0 Å². The van der Waals surface area contributed by atoms with Crippen LogP contribution in [0.15, 0.2) is 48.5 Å². The molecule has 2 aromatic carbocycles. The summed E-state index contributed by atoms with van der Waals surface area (Å²) in [6.07, 6.45) is 6.87. The molecule has 6 heteroatoms. The molecule has 1 aliphatic rings. The lowest BCUT2D eigenvalue weighted by Gasteiger charge is -2.23. The molecular weight excluding hydrogens is 394 g/mol. The van der Waals surface area contributed by atoms with Crippen LogP contribution in [0.1, 0.15) is 46.6 Å². The molecular formula is C24H29N3O2S. The van der Waals surface area contributed by atoms with Crippen LogP contribution >= 0.6 is 11.3 Å². The molecule has 0 bridgehead atoms. The van der Waals surface area contributed by atoms with Gasteiger partial charge in [0.15, 0.2) is 11.3 Å². The van der Waals surface area contributed by atoms with Gasteiger partial charge in [-0.1, -0.05) is 42.8 Å². The van der Waals surface area contributed by atoms with Crippen LogP contribution in [0.5, 0.6) is 0 Å². The maximum Gasteiger partial charge on any atom is 0.223 e. The lowest BCUT2D eigenvalue weighted by molar-refractivity contribution is -0.125. The Bertz CT molecular complexity index is 937. The number of thiazole rings is 1. The zero-order valence-electron chi connectivity index (χ0n) is 17.2. The van der Waals surface area contributed by atoms with Crippen molar-refractivity contribution in [2.45, 2.75) is 38.5 Å². The number of fused-ring (bicyclic) bond motifs is 2. The molecule has 4 rings (SSSR count). The first kappa shape index (κ1) is 22.1. The summed E-state index contributed by atoms with van der Waals surface area (Å²) in [5.41, 5.74) is 9.10. The number of para-hydroxylation sites is 1. The van der Waals surface area contributed by atoms with Crippen LogP contribution in [-0.4, -0.2) is 30.3 Å². The SMILES string of the molecule is NCCCCCNC(=O)C1CCc2ccccc2C1.O=Cc1nc2ccccc2s1. The van der Waals surface area contributed by atoms with E-state index < -0.39 is 0 Å². The number of hydrogen-bond acceptors (Lipinski definition) is 5. The summed E-state index contributed by atoms with van der Waals surface area (Å²) in [4.78, 5) is 26.5. The van der Waals surface area contributed by atoms with Crippen LogP contribution in [0.4, 0.5) is 0 Å². The third kappa shape index (κ3) is 6.21. The quantitative estimate of drug-likeness (QED) is 0.442. The van der Waals surface area contributed by atoms with Gasteiger partial charge in [-0.25, -0.2) is 4.98 Å². The molecule has 3 aromatic rings. The third-order valence-electron chi connectivity index (χ3n) is 5.31. The van der Waals surface area contributed by atoms with E-state index in [1.165, 1.54) is 22.5 Å². The van der Waals surface area contributed by atoms with E-state index in [-0.39, 0.29) is 11.8 Å². The van der Waals surface area contributed by atoms with Gasteiger partial charge in [-0.3, -0.25) is 9.59 Å². The molecule has 0 spiro atoms. The van der Waals surface area contributed by atoms with Crippen molar-refractivity contribution >= 4 is 33.7 Å². The zero-order valence-corrected chi connectivity index (χ0v) is 18.0. The van der Waals surface area contributed by atoms with Gasteiger partial charge in [-0.2, -0.15) is 0 Å². The molecule has 5 nitrogen and oxygen atoms in total. The Balaban J connectivity index is 0.000000196. The molecule has 0 fully saturated rings. The number of nitrogens with two attached hydrogens (primary N) is 1. The predicted octanol–water partition coefficient (Wildman–Crippen LogP) is 4.15. The van der Waals surface area contributed by atoms with Gasteiger partial charge in [0.1, 0.15) is 0 Å². The minimum atomic E-state index is 0.157. The highest BCUT2D eigenvalue weighted by Gasteiger charge is 2.23. The Kier molecular flexibility index (Phi) is 8.53. The van der Waals surface area contributed by atoms with Gasteiger partial charge < -0.3 is 11.1 Å². The van der Waals surface area contributed by atoms with Gasteiger partial charge in [0.25, 0.3) is 0 Å². The van der Waals surface area contributed by atoms with Crippen molar-refractivity contribution in [3.8, 4) is 0 Å². The van der Waals surface area contributed by atoms with Crippen LogP contribution in [0.3, 0.4) is 0 Å². The van der Waals surface area contributed by atoms with E-state index in [1.807, 2.05) is 24.3 Å². The first-order valence-electron chi connectivity index (χ1n) is 10.6. The molecule has 3 N–H and O–H groups in total. The average Bonchev–Trinajstić information content (AvgIpc) is 3.22. The van der Waals surface area contributed by atoms with E-state index in [2.05, 4.69) is 34.6 Å². The number of hydrogen-bond donors (Lipinski definition) is 2. The smallest absolute Gasteiger partial charge is 0.223 e. The second kappa shape index (κ2) is 11.6. The number of aromatic nitrogens is 1. The minimum Gasteiger partial charge on any atom is -0.356 e. The number of aldehydes is 1. The number of nitrogens with zero attached hydrogens (tertiary/aromatic N) is 1. The summed E-state index contributed by atoms with van der Waals surface area (Å²) in [5, 5.41) is 3.61. The van der Waals surface area contributed by atoms with Crippen LogP contribution in [0.25, 0.3) is 10.2 Å². The second-order valence-electron chi connectivity index (χ2n) is 7.49. The van der Waals surface area contributed by atoms with Gasteiger partial charge in [0.05, 0.1) is 10.2 Å². The Morgan fingerprint density at radius 2 is 1.87 bits per heavy atom. The highest BCUT2D eigenvalue weighted by Crippen LogP contribution is 2.25. The second-order valence-corrected chi connectivity index (χ2v) is 8.55. The molecule has 1 aliphatic carbocycles. The van der Waals surface area contributed by atoms with Crippen LogP contribution in [0, 0.1) is 5.92 Å². The maximum atomic E-state index is 12.1. The summed E-state index contributed by atoms with van der Waals surface area (Å²) in [6, 6.07) is 16.2. The van der Waals surface area contributed by atoms with Crippen molar-refractivity contribution in [2.24, 2.45) is 11.7 Å². The topological polar surface area (TPSA) is 85.1 Å². The Morgan fingerprint density at radius 1 is 1.10 bits per heavy atom. The molecule has 1 heterocycles. The average molecular weight is 424 g/mol. The number of carbonyl (C=O) groups excluding carboxylic acids is 2. The Hall–Kier alpha value is -2.57. The molecule has 0 saturated carbocycles. The molecule has 30 heavy (non-hydrogen) atoms. The molecule has 1 amide bonds. The number of unbranched alkanes of at least 4 members (excludes halogenated alkanes) is 2. The first-order chi connectivity index (χ1) is 14.7. The number of rotatable bonds is 7. The lowest BCUT2D eigenvalue weighted by atomic mass is 9.83. The molecule has 0 saturated heterocycles. The standard InChI is InChI=1S/C16H24N2O.C8H5NOS/c17-10-4-1-5-11-18-16(19)15-9-8-13-6-2-3-7-14(13)12-15;10-5-8-9-6-3-1-2-4-7(6)11-8/h2-3,6-7,15H,1,4-5,8-12,17H2,(H,18,19);1-5H. The number of amides is 1. The molecule has 1 unspecified atom stereocenters. The van der Waals surface area contributed by atoms with Crippen LogP contribution in [-0.2, 0) is 17.6 Å². The summed E-state index contributed by atoms with van der Waals surface area (Å²) < 4.78 is 1.06. The number of benzene rings is 2. The van der Waals surface area contributed by atoms with Crippen molar-refractivity contribution in [2.75, 3.05) is 13.1 Å². The summed E-state index contributed by atoms with van der Waals surface area (Å²) in [5.74, 6) is 0.381. The van der Waals surface area contributed by atoms with E-state index in [9.17, 15) is 9.59 Å². The van der Waals surface area contributed by atoms with Gasteiger partial charge in [-0.05, 0) is 61.9 Å². The van der Waals surface area contributed by atoms with E-state index in [0.29, 0.717) is 5.01 Å². The molecule has 158 valence electrons. The Labute approximate surface area is 181 Å². The Morgan fingerprint density at radius 3 is 2.63 bits per heavy atom. The minimum absolute atomic E-state index is 0.157. The molecule has 1 atom stereocenters. The summed E-state index contributed by atoms with van der Waals surface area (Å²) in [6.45, 7) is 1.53. The lowest BCUT2D eigenvalue weighted by Crippen LogP contribution is -2.34. The number of carbonyl (C=O) groups is 2.